The molecule has 1 aromatic rings. The first-order valence-corrected chi connectivity index (χ1v) is 4.48. The van der Waals surface area contributed by atoms with Crippen molar-refractivity contribution >= 4 is 11.4 Å². The van der Waals surface area contributed by atoms with Gasteiger partial charge in [-0.05, 0) is 26.0 Å². The third-order valence-electron chi connectivity index (χ3n) is 2.19. The molecule has 78 valence electrons. The molecule has 14 heavy (non-hydrogen) atoms. The van der Waals surface area contributed by atoms with Crippen molar-refractivity contribution in [2.75, 3.05) is 11.5 Å². The first kappa shape index (κ1) is 10.8. The topological polar surface area (TPSA) is 92.5 Å². The van der Waals surface area contributed by atoms with Gasteiger partial charge in [-0.25, -0.2) is 0 Å². The molecule has 0 aliphatic heterocycles. The van der Waals surface area contributed by atoms with Crippen LogP contribution in [0, 0.1) is 0 Å². The molecule has 1 rings (SSSR count). The second-order valence-corrected chi connectivity index (χ2v) is 3.46. The number of anilines is 2. The summed E-state index contributed by atoms with van der Waals surface area (Å²) in [6.45, 7) is 3.24. The van der Waals surface area contributed by atoms with E-state index in [1.165, 1.54) is 0 Å². The SMILES string of the molecule is CC(O)c1cc(C(C)O)c(N)cc1N. The average molecular weight is 196 g/mol. The molecular formula is C10H16N2O2. The van der Waals surface area contributed by atoms with Crippen molar-refractivity contribution in [1.29, 1.82) is 0 Å². The molecule has 0 aliphatic carbocycles. The molecule has 4 heteroatoms. The van der Waals surface area contributed by atoms with E-state index in [4.69, 9.17) is 11.5 Å². The van der Waals surface area contributed by atoms with Crippen LogP contribution in [0.25, 0.3) is 0 Å². The number of aliphatic hydroxyl groups is 2. The van der Waals surface area contributed by atoms with Crippen LogP contribution in [0.15, 0.2) is 12.1 Å². The van der Waals surface area contributed by atoms with Gasteiger partial charge in [-0.1, -0.05) is 0 Å². The Kier molecular flexibility index (Phi) is 2.98. The summed E-state index contributed by atoms with van der Waals surface area (Å²) in [5.41, 5.74) is 13.4. The second-order valence-electron chi connectivity index (χ2n) is 3.46. The summed E-state index contributed by atoms with van der Waals surface area (Å²) >= 11 is 0. The maximum Gasteiger partial charge on any atom is 0.0781 e. The summed E-state index contributed by atoms with van der Waals surface area (Å²) in [5, 5.41) is 18.8. The predicted octanol–water partition coefficient (Wildman–Crippen LogP) is 0.958. The lowest BCUT2D eigenvalue weighted by Gasteiger charge is -2.15. The standard InChI is InChI=1S/C10H16N2O2/c1-5(13)7-3-8(6(2)14)10(12)4-9(7)11/h3-6,13-14H,11-12H2,1-2H3. The van der Waals surface area contributed by atoms with Crippen LogP contribution in [0.2, 0.25) is 0 Å². The zero-order valence-electron chi connectivity index (χ0n) is 8.36. The van der Waals surface area contributed by atoms with Gasteiger partial charge in [0.25, 0.3) is 0 Å². The van der Waals surface area contributed by atoms with Gasteiger partial charge in [-0.2, -0.15) is 0 Å². The Morgan fingerprint density at radius 3 is 1.57 bits per heavy atom. The van der Waals surface area contributed by atoms with Gasteiger partial charge in [-0.15, -0.1) is 0 Å². The quantitative estimate of drug-likeness (QED) is 0.530. The number of benzene rings is 1. The van der Waals surface area contributed by atoms with Gasteiger partial charge in [-0.3, -0.25) is 0 Å². The third kappa shape index (κ3) is 1.97. The number of hydrogen-bond acceptors (Lipinski definition) is 4. The Morgan fingerprint density at radius 1 is 0.929 bits per heavy atom. The second kappa shape index (κ2) is 3.86. The van der Waals surface area contributed by atoms with Crippen molar-refractivity contribution in [3.63, 3.8) is 0 Å². The first-order chi connectivity index (χ1) is 6.43. The Bertz CT molecular complexity index is 306. The number of aliphatic hydroxyl groups excluding tert-OH is 2. The largest absolute Gasteiger partial charge is 0.398 e. The fourth-order valence-electron chi connectivity index (χ4n) is 1.39. The van der Waals surface area contributed by atoms with Gasteiger partial charge >= 0.3 is 0 Å². The summed E-state index contributed by atoms with van der Waals surface area (Å²) in [5.74, 6) is 0. The highest BCUT2D eigenvalue weighted by Crippen LogP contribution is 2.29. The van der Waals surface area contributed by atoms with E-state index in [0.717, 1.165) is 0 Å². The maximum atomic E-state index is 9.40. The summed E-state index contributed by atoms with van der Waals surface area (Å²) in [6, 6.07) is 3.20. The van der Waals surface area contributed by atoms with E-state index in [9.17, 15) is 10.2 Å². The number of nitrogen functional groups attached to an aromatic ring is 2. The monoisotopic (exact) mass is 196 g/mol. The van der Waals surface area contributed by atoms with Gasteiger partial charge in [0.1, 0.15) is 0 Å². The summed E-state index contributed by atoms with van der Waals surface area (Å²) < 4.78 is 0. The van der Waals surface area contributed by atoms with E-state index >= 15 is 0 Å². The van der Waals surface area contributed by atoms with Gasteiger partial charge < -0.3 is 21.7 Å². The molecule has 4 nitrogen and oxygen atoms in total. The summed E-state index contributed by atoms with van der Waals surface area (Å²) in [7, 11) is 0. The highest BCUT2D eigenvalue weighted by molar-refractivity contribution is 5.62. The highest BCUT2D eigenvalue weighted by atomic mass is 16.3. The highest BCUT2D eigenvalue weighted by Gasteiger charge is 2.12. The molecule has 0 fully saturated rings. The molecule has 0 aromatic heterocycles. The van der Waals surface area contributed by atoms with Crippen LogP contribution >= 0.6 is 0 Å². The smallest absolute Gasteiger partial charge is 0.0781 e. The van der Waals surface area contributed by atoms with Crippen molar-refractivity contribution in [2.24, 2.45) is 0 Å². The molecule has 0 spiro atoms. The Morgan fingerprint density at radius 2 is 1.29 bits per heavy atom. The Balaban J connectivity index is 3.27. The molecule has 0 saturated carbocycles. The molecule has 1 aromatic carbocycles. The van der Waals surface area contributed by atoms with E-state index in [2.05, 4.69) is 0 Å². The molecule has 2 atom stereocenters. The van der Waals surface area contributed by atoms with E-state index in [0.29, 0.717) is 22.5 Å². The van der Waals surface area contributed by atoms with Crippen molar-refractivity contribution in [3.8, 4) is 0 Å². The number of hydrogen-bond donors (Lipinski definition) is 4. The molecule has 0 radical (unpaired) electrons. The van der Waals surface area contributed by atoms with Gasteiger partial charge in [0.05, 0.1) is 12.2 Å². The molecule has 0 aliphatic rings. The number of rotatable bonds is 2. The fourth-order valence-corrected chi connectivity index (χ4v) is 1.39. The molecule has 6 N–H and O–H groups in total. The summed E-state index contributed by atoms with van der Waals surface area (Å²) in [4.78, 5) is 0. The van der Waals surface area contributed by atoms with Crippen LogP contribution in [-0.2, 0) is 0 Å². The first-order valence-electron chi connectivity index (χ1n) is 4.48. The maximum absolute atomic E-state index is 9.40. The van der Waals surface area contributed by atoms with Crippen LogP contribution in [0.4, 0.5) is 11.4 Å². The van der Waals surface area contributed by atoms with E-state index in [-0.39, 0.29) is 0 Å². The molecule has 2 unspecified atom stereocenters. The molecule has 0 amide bonds. The molecule has 0 bridgehead atoms. The lowest BCUT2D eigenvalue weighted by atomic mass is 10.0. The van der Waals surface area contributed by atoms with Crippen molar-refractivity contribution in [1.82, 2.24) is 0 Å². The zero-order valence-corrected chi connectivity index (χ0v) is 8.36. The molecular weight excluding hydrogens is 180 g/mol. The minimum atomic E-state index is -0.659. The minimum absolute atomic E-state index is 0.446. The van der Waals surface area contributed by atoms with E-state index in [1.54, 1.807) is 26.0 Å². The fraction of sp³-hybridized carbons (Fsp3) is 0.400. The van der Waals surface area contributed by atoms with E-state index < -0.39 is 12.2 Å². The normalized spacial score (nSPS) is 15.1. The number of nitrogens with two attached hydrogens (primary N) is 2. The Hall–Kier alpha value is -1.26. The van der Waals surface area contributed by atoms with E-state index in [1.807, 2.05) is 0 Å². The lowest BCUT2D eigenvalue weighted by Crippen LogP contribution is -2.05. The van der Waals surface area contributed by atoms with Crippen LogP contribution in [0.1, 0.15) is 37.2 Å². The van der Waals surface area contributed by atoms with Crippen molar-refractivity contribution in [3.05, 3.63) is 23.3 Å². The molecule has 0 heterocycles. The van der Waals surface area contributed by atoms with Gasteiger partial charge in [0.15, 0.2) is 0 Å². The van der Waals surface area contributed by atoms with Gasteiger partial charge in [0.2, 0.25) is 0 Å². The lowest BCUT2D eigenvalue weighted by molar-refractivity contribution is 0.193. The average Bonchev–Trinajstić information content (AvgIpc) is 2.02. The zero-order chi connectivity index (χ0) is 10.9. The van der Waals surface area contributed by atoms with Gasteiger partial charge in [0, 0.05) is 22.5 Å². The van der Waals surface area contributed by atoms with Crippen LogP contribution in [0.3, 0.4) is 0 Å². The van der Waals surface area contributed by atoms with Crippen molar-refractivity contribution < 1.29 is 10.2 Å². The van der Waals surface area contributed by atoms with Crippen LogP contribution < -0.4 is 11.5 Å². The third-order valence-corrected chi connectivity index (χ3v) is 2.19. The van der Waals surface area contributed by atoms with Crippen LogP contribution in [-0.4, -0.2) is 10.2 Å². The Labute approximate surface area is 83.2 Å². The van der Waals surface area contributed by atoms with Crippen LogP contribution in [0.5, 0.6) is 0 Å². The minimum Gasteiger partial charge on any atom is -0.398 e. The predicted molar refractivity (Wildman–Crippen MR) is 56.5 cm³/mol. The van der Waals surface area contributed by atoms with Crippen molar-refractivity contribution in [2.45, 2.75) is 26.1 Å². The summed E-state index contributed by atoms with van der Waals surface area (Å²) in [6.07, 6.45) is -1.32. The molecule has 0 saturated heterocycles.